The van der Waals surface area contributed by atoms with Crippen LogP contribution in [0.15, 0.2) is 41.9 Å². The first-order valence-corrected chi connectivity index (χ1v) is 7.94. The first-order chi connectivity index (χ1) is 11.1. The van der Waals surface area contributed by atoms with Gasteiger partial charge in [0.15, 0.2) is 11.7 Å². The summed E-state index contributed by atoms with van der Waals surface area (Å²) >= 11 is 1.51. The number of benzene rings is 1. The Morgan fingerprint density at radius 1 is 1.35 bits per heavy atom. The zero-order chi connectivity index (χ0) is 16.4. The summed E-state index contributed by atoms with van der Waals surface area (Å²) in [6.07, 6.45) is 1.73. The van der Waals surface area contributed by atoms with E-state index >= 15 is 0 Å². The summed E-state index contributed by atoms with van der Waals surface area (Å²) in [6.45, 7) is 3.67. The molecule has 1 aromatic carbocycles. The van der Waals surface area contributed by atoms with E-state index < -0.39 is 5.82 Å². The van der Waals surface area contributed by atoms with Crippen LogP contribution in [0.4, 0.5) is 4.39 Å². The van der Waals surface area contributed by atoms with Crippen LogP contribution in [0.2, 0.25) is 0 Å². The summed E-state index contributed by atoms with van der Waals surface area (Å²) in [4.78, 5) is 16.7. The van der Waals surface area contributed by atoms with Crippen LogP contribution in [0.5, 0.6) is 5.75 Å². The Morgan fingerprint density at radius 2 is 2.17 bits per heavy atom. The molecular formula is C17H15FN2O2S. The largest absolute Gasteiger partial charge is 0.485 e. The molecule has 0 spiro atoms. The minimum absolute atomic E-state index is 0.133. The van der Waals surface area contributed by atoms with E-state index in [0.29, 0.717) is 11.3 Å². The lowest BCUT2D eigenvalue weighted by Gasteiger charge is -2.07. The number of carbonyl (C=O) groups excluding carboxylic acids is 1. The van der Waals surface area contributed by atoms with Gasteiger partial charge in [-0.3, -0.25) is 9.36 Å². The van der Waals surface area contributed by atoms with Gasteiger partial charge in [0.25, 0.3) is 0 Å². The number of aryl methyl sites for hydroxylation is 1. The molecule has 0 bridgehead atoms. The maximum absolute atomic E-state index is 13.1. The lowest BCUT2D eigenvalue weighted by atomic mass is 10.1. The summed E-state index contributed by atoms with van der Waals surface area (Å²) in [5, 5.41) is 2.72. The quantitative estimate of drug-likeness (QED) is 0.665. The highest BCUT2D eigenvalue weighted by Crippen LogP contribution is 2.23. The molecule has 6 heteroatoms. The van der Waals surface area contributed by atoms with Gasteiger partial charge in [-0.1, -0.05) is 6.07 Å². The monoisotopic (exact) mass is 330 g/mol. The zero-order valence-electron chi connectivity index (χ0n) is 12.7. The Hall–Kier alpha value is -2.47. The molecule has 0 fully saturated rings. The number of ether oxygens (including phenoxy) is 1. The summed E-state index contributed by atoms with van der Waals surface area (Å²) in [6, 6.07) is 7.58. The van der Waals surface area contributed by atoms with E-state index in [4.69, 9.17) is 4.74 Å². The molecule has 4 nitrogen and oxygen atoms in total. The van der Waals surface area contributed by atoms with Crippen molar-refractivity contribution in [1.82, 2.24) is 9.55 Å². The summed E-state index contributed by atoms with van der Waals surface area (Å²) in [7, 11) is 0. The first kappa shape index (κ1) is 15.4. The second kappa shape index (κ2) is 6.34. The van der Waals surface area contributed by atoms with Crippen molar-refractivity contribution in [2.45, 2.75) is 13.8 Å². The Labute approximate surface area is 137 Å². The molecule has 0 amide bonds. The lowest BCUT2D eigenvalue weighted by molar-refractivity contribution is 0.0920. The molecule has 118 valence electrons. The number of thiazole rings is 1. The fraction of sp³-hybridized carbons (Fsp3) is 0.176. The fourth-order valence-corrected chi connectivity index (χ4v) is 3.20. The third-order valence-corrected chi connectivity index (χ3v) is 4.26. The summed E-state index contributed by atoms with van der Waals surface area (Å²) < 4.78 is 20.4. The van der Waals surface area contributed by atoms with Crippen molar-refractivity contribution in [3.05, 3.63) is 64.7 Å². The van der Waals surface area contributed by atoms with Crippen LogP contribution in [-0.2, 0) is 0 Å². The molecule has 0 saturated heterocycles. The van der Waals surface area contributed by atoms with Crippen molar-refractivity contribution in [2.24, 2.45) is 0 Å². The van der Waals surface area contributed by atoms with Crippen LogP contribution >= 0.6 is 11.3 Å². The standard InChI is InChI=1S/C17H15FN2O2S/c1-11-8-15(12(2)20(11)17-19-6-7-23-17)16(21)10-22-14-5-3-4-13(18)9-14/h3-9H,10H2,1-2H3. The number of nitrogens with zero attached hydrogens (tertiary/aromatic N) is 2. The van der Waals surface area contributed by atoms with E-state index in [9.17, 15) is 9.18 Å². The molecule has 0 radical (unpaired) electrons. The Morgan fingerprint density at radius 3 is 2.87 bits per heavy atom. The average Bonchev–Trinajstić information content (AvgIpc) is 3.13. The van der Waals surface area contributed by atoms with Crippen molar-refractivity contribution < 1.29 is 13.9 Å². The van der Waals surface area contributed by atoms with Gasteiger partial charge in [-0.2, -0.15) is 0 Å². The number of ketones is 1. The van der Waals surface area contributed by atoms with Gasteiger partial charge in [-0.05, 0) is 32.0 Å². The number of halogens is 1. The third kappa shape index (κ3) is 3.17. The average molecular weight is 330 g/mol. The number of aromatic nitrogens is 2. The minimum Gasteiger partial charge on any atom is -0.485 e. The van der Waals surface area contributed by atoms with E-state index in [1.165, 1.54) is 23.5 Å². The molecule has 0 atom stereocenters. The van der Waals surface area contributed by atoms with Crippen molar-refractivity contribution in [2.75, 3.05) is 6.61 Å². The van der Waals surface area contributed by atoms with Crippen LogP contribution in [0.3, 0.4) is 0 Å². The number of hydrogen-bond donors (Lipinski definition) is 0. The maximum Gasteiger partial charge on any atom is 0.202 e. The van der Waals surface area contributed by atoms with Crippen LogP contribution < -0.4 is 4.74 Å². The number of Topliss-reactive ketones (excluding diaryl/α,β-unsaturated/α-hetero) is 1. The van der Waals surface area contributed by atoms with Gasteiger partial charge in [0, 0.05) is 34.6 Å². The molecule has 23 heavy (non-hydrogen) atoms. The smallest absolute Gasteiger partial charge is 0.202 e. The van der Waals surface area contributed by atoms with E-state index in [1.807, 2.05) is 29.9 Å². The summed E-state index contributed by atoms with van der Waals surface area (Å²) in [5.74, 6) is -0.200. The zero-order valence-corrected chi connectivity index (χ0v) is 13.6. The molecule has 0 aliphatic rings. The molecular weight excluding hydrogens is 315 g/mol. The van der Waals surface area contributed by atoms with E-state index in [1.54, 1.807) is 18.3 Å². The number of carbonyl (C=O) groups is 1. The molecule has 0 aliphatic carbocycles. The highest BCUT2D eigenvalue weighted by atomic mass is 32.1. The molecule has 2 heterocycles. The molecule has 0 N–H and O–H groups in total. The minimum atomic E-state index is -0.392. The second-order valence-electron chi connectivity index (χ2n) is 5.10. The van der Waals surface area contributed by atoms with E-state index in [2.05, 4.69) is 4.98 Å². The van der Waals surface area contributed by atoms with Gasteiger partial charge >= 0.3 is 0 Å². The second-order valence-corrected chi connectivity index (χ2v) is 5.98. The Bertz CT molecular complexity index is 840. The van der Waals surface area contributed by atoms with Gasteiger partial charge in [-0.25, -0.2) is 9.37 Å². The highest BCUT2D eigenvalue weighted by molar-refractivity contribution is 7.12. The molecule has 2 aromatic heterocycles. The van der Waals surface area contributed by atoms with Crippen LogP contribution in [0, 0.1) is 19.7 Å². The van der Waals surface area contributed by atoms with E-state index in [0.717, 1.165) is 16.5 Å². The molecule has 0 unspecified atom stereocenters. The van der Waals surface area contributed by atoms with E-state index in [-0.39, 0.29) is 12.4 Å². The third-order valence-electron chi connectivity index (χ3n) is 3.51. The molecule has 3 aromatic rings. The lowest BCUT2D eigenvalue weighted by Crippen LogP contribution is -2.12. The first-order valence-electron chi connectivity index (χ1n) is 7.06. The normalized spacial score (nSPS) is 10.7. The summed E-state index contributed by atoms with van der Waals surface area (Å²) in [5.41, 5.74) is 2.35. The van der Waals surface area contributed by atoms with Crippen LogP contribution in [0.1, 0.15) is 21.7 Å². The molecule has 3 rings (SSSR count). The number of hydrogen-bond acceptors (Lipinski definition) is 4. The molecule has 0 aliphatic heterocycles. The Balaban J connectivity index is 1.79. The topological polar surface area (TPSA) is 44.1 Å². The van der Waals surface area contributed by atoms with Gasteiger partial charge in [-0.15, -0.1) is 11.3 Å². The van der Waals surface area contributed by atoms with Gasteiger partial charge in [0.05, 0.1) is 0 Å². The predicted molar refractivity (Wildman–Crippen MR) is 87.1 cm³/mol. The van der Waals surface area contributed by atoms with Gasteiger partial charge < -0.3 is 4.74 Å². The van der Waals surface area contributed by atoms with Crippen molar-refractivity contribution in [3.63, 3.8) is 0 Å². The van der Waals surface area contributed by atoms with Crippen molar-refractivity contribution in [1.29, 1.82) is 0 Å². The fourth-order valence-electron chi connectivity index (χ4n) is 2.45. The predicted octanol–water partition coefficient (Wildman–Crippen LogP) is 3.95. The van der Waals surface area contributed by atoms with Crippen molar-refractivity contribution >= 4 is 17.1 Å². The molecule has 0 saturated carbocycles. The van der Waals surface area contributed by atoms with Gasteiger partial charge in [0.1, 0.15) is 11.6 Å². The van der Waals surface area contributed by atoms with Crippen molar-refractivity contribution in [3.8, 4) is 10.9 Å². The number of rotatable bonds is 5. The van der Waals surface area contributed by atoms with Gasteiger partial charge in [0.2, 0.25) is 5.78 Å². The SMILES string of the molecule is Cc1cc(C(=O)COc2cccc(F)c2)c(C)n1-c1nccs1. The van der Waals surface area contributed by atoms with Crippen LogP contribution in [0.25, 0.3) is 5.13 Å². The van der Waals surface area contributed by atoms with Crippen LogP contribution in [-0.4, -0.2) is 21.9 Å². The highest BCUT2D eigenvalue weighted by Gasteiger charge is 2.18. The Kier molecular flexibility index (Phi) is 4.25. The maximum atomic E-state index is 13.1.